The molecule has 0 aliphatic rings. The van der Waals surface area contributed by atoms with Gasteiger partial charge in [0.25, 0.3) is 0 Å². The van der Waals surface area contributed by atoms with E-state index in [-0.39, 0.29) is 31.1 Å². The molecule has 0 saturated carbocycles. The number of esters is 3. The van der Waals surface area contributed by atoms with Crippen LogP contribution in [0.5, 0.6) is 0 Å². The second-order valence-corrected chi connectivity index (χ2v) is 22.7. The van der Waals surface area contributed by atoms with Gasteiger partial charge in [0.15, 0.2) is 6.10 Å². The van der Waals surface area contributed by atoms with Crippen LogP contribution >= 0.6 is 0 Å². The number of unbranched alkanes of at least 4 members (excludes halogenated alkanes) is 37. The lowest BCUT2D eigenvalue weighted by atomic mass is 10.0. The Labute approximate surface area is 490 Å². The lowest BCUT2D eigenvalue weighted by Crippen LogP contribution is -2.30. The van der Waals surface area contributed by atoms with Crippen LogP contribution in [0.4, 0.5) is 0 Å². The predicted molar refractivity (Wildman–Crippen MR) is 344 cm³/mol. The minimum atomic E-state index is -0.784. The van der Waals surface area contributed by atoms with Gasteiger partial charge in [-0.15, -0.1) is 0 Å². The van der Waals surface area contributed by atoms with Crippen LogP contribution in [0.3, 0.4) is 0 Å². The van der Waals surface area contributed by atoms with E-state index in [4.69, 9.17) is 14.2 Å². The monoisotopic (exact) mass is 1100 g/mol. The maximum absolute atomic E-state index is 12.9. The molecule has 0 aliphatic carbocycles. The molecule has 0 aromatic carbocycles. The zero-order valence-electron chi connectivity index (χ0n) is 52.4. The molecule has 456 valence electrons. The number of allylic oxidation sites excluding steroid dienone is 14. The van der Waals surface area contributed by atoms with E-state index in [9.17, 15) is 14.4 Å². The molecular formula is C73H128O6. The fraction of sp³-hybridized carbons (Fsp3) is 0.767. The molecule has 1 unspecified atom stereocenters. The average Bonchev–Trinajstić information content (AvgIpc) is 3.45. The fourth-order valence-corrected chi connectivity index (χ4v) is 9.76. The van der Waals surface area contributed by atoms with Crippen molar-refractivity contribution in [3.8, 4) is 0 Å². The van der Waals surface area contributed by atoms with E-state index >= 15 is 0 Å². The molecule has 79 heavy (non-hydrogen) atoms. The first-order chi connectivity index (χ1) is 39.0. The van der Waals surface area contributed by atoms with Gasteiger partial charge in [-0.05, 0) is 116 Å². The summed E-state index contributed by atoms with van der Waals surface area (Å²) in [5, 5.41) is 0. The summed E-state index contributed by atoms with van der Waals surface area (Å²) in [6.45, 7) is 6.53. The first-order valence-corrected chi connectivity index (χ1v) is 34.1. The Kier molecular flexibility index (Phi) is 64.2. The van der Waals surface area contributed by atoms with Gasteiger partial charge in [0.2, 0.25) is 0 Å². The van der Waals surface area contributed by atoms with Crippen molar-refractivity contribution in [1.29, 1.82) is 0 Å². The van der Waals surface area contributed by atoms with E-state index in [0.717, 1.165) is 103 Å². The number of hydrogen-bond donors (Lipinski definition) is 0. The van der Waals surface area contributed by atoms with Crippen molar-refractivity contribution in [2.45, 2.75) is 348 Å². The highest BCUT2D eigenvalue weighted by Crippen LogP contribution is 2.17. The Morgan fingerprint density at radius 2 is 0.494 bits per heavy atom. The van der Waals surface area contributed by atoms with Crippen molar-refractivity contribution in [3.63, 3.8) is 0 Å². The third kappa shape index (κ3) is 65.3. The van der Waals surface area contributed by atoms with Gasteiger partial charge in [-0.2, -0.15) is 0 Å². The highest BCUT2D eigenvalue weighted by molar-refractivity contribution is 5.71. The van der Waals surface area contributed by atoms with E-state index in [0.29, 0.717) is 19.3 Å². The molecule has 0 amide bonds. The molecule has 0 N–H and O–H groups in total. The molecule has 0 heterocycles. The number of hydrogen-bond acceptors (Lipinski definition) is 6. The van der Waals surface area contributed by atoms with Gasteiger partial charge < -0.3 is 14.2 Å². The summed E-state index contributed by atoms with van der Waals surface area (Å²) in [4.78, 5) is 38.4. The van der Waals surface area contributed by atoms with Crippen LogP contribution in [0, 0.1) is 0 Å². The number of rotatable bonds is 62. The van der Waals surface area contributed by atoms with E-state index in [2.05, 4.69) is 106 Å². The number of carbonyl (C=O) groups excluding carboxylic acids is 3. The molecule has 0 radical (unpaired) electrons. The summed E-state index contributed by atoms with van der Waals surface area (Å²) in [5.41, 5.74) is 0. The molecule has 0 saturated heterocycles. The zero-order chi connectivity index (χ0) is 57.1. The van der Waals surface area contributed by atoms with Gasteiger partial charge in [0.1, 0.15) is 13.2 Å². The van der Waals surface area contributed by atoms with Crippen molar-refractivity contribution < 1.29 is 28.6 Å². The SMILES string of the molecule is CC/C=C\C/C=C\C/C=C\C/C=C\CCCCCCCCCCCCCCCCC(=O)OCC(COC(=O)CCCCCCC/C=C\C/C=C\CCCCC)OC(=O)CCCCCCCCCCC/C=C\CCCCCCCC. The predicted octanol–water partition coefficient (Wildman–Crippen LogP) is 23.4. The maximum Gasteiger partial charge on any atom is 0.306 e. The first-order valence-electron chi connectivity index (χ1n) is 34.1. The molecule has 0 rings (SSSR count). The van der Waals surface area contributed by atoms with Crippen LogP contribution in [-0.4, -0.2) is 37.2 Å². The molecule has 0 aromatic rings. The van der Waals surface area contributed by atoms with Gasteiger partial charge in [0.05, 0.1) is 0 Å². The highest BCUT2D eigenvalue weighted by Gasteiger charge is 2.19. The minimum absolute atomic E-state index is 0.0797. The lowest BCUT2D eigenvalue weighted by Gasteiger charge is -2.18. The smallest absolute Gasteiger partial charge is 0.306 e. The molecule has 0 bridgehead atoms. The standard InChI is InChI=1S/C73H128O6/c1-4-7-10-13-16-19-22-25-28-30-32-33-34-35-36-37-38-39-41-42-45-48-51-54-57-60-63-66-72(75)78-69-70(68-77-71(74)65-62-59-56-53-50-47-44-27-24-21-18-15-12-9-6-3)79-73(76)67-64-61-58-55-52-49-46-43-40-31-29-26-23-20-17-14-11-8-5-2/h7,10,16,18-19,21,25-29,32-33,44,70H,4-6,8-9,11-15,17,20,22-24,30-31,34-43,45-69H2,1-3H3/b10-7-,19-16-,21-18-,28-25-,29-26-,33-32-,44-27-. The van der Waals surface area contributed by atoms with E-state index < -0.39 is 6.10 Å². The largest absolute Gasteiger partial charge is 0.462 e. The van der Waals surface area contributed by atoms with Crippen molar-refractivity contribution in [1.82, 2.24) is 0 Å². The molecule has 0 fully saturated rings. The van der Waals surface area contributed by atoms with Crippen LogP contribution in [0.25, 0.3) is 0 Å². The summed E-state index contributed by atoms with van der Waals surface area (Å²) in [5.74, 6) is -0.880. The second kappa shape index (κ2) is 67.1. The summed E-state index contributed by atoms with van der Waals surface area (Å²) in [6.07, 6.45) is 88.8. The van der Waals surface area contributed by atoms with Crippen molar-refractivity contribution >= 4 is 17.9 Å². The first kappa shape index (κ1) is 75.6. The van der Waals surface area contributed by atoms with Crippen LogP contribution in [0.15, 0.2) is 85.1 Å². The molecule has 6 heteroatoms. The normalized spacial score (nSPS) is 12.6. The van der Waals surface area contributed by atoms with Gasteiger partial charge in [-0.1, -0.05) is 292 Å². The molecular weight excluding hydrogens is 973 g/mol. The van der Waals surface area contributed by atoms with Crippen molar-refractivity contribution in [3.05, 3.63) is 85.1 Å². The Morgan fingerprint density at radius 3 is 0.810 bits per heavy atom. The van der Waals surface area contributed by atoms with Gasteiger partial charge >= 0.3 is 17.9 Å². The fourth-order valence-electron chi connectivity index (χ4n) is 9.76. The molecule has 6 nitrogen and oxygen atoms in total. The molecule has 1 atom stereocenters. The Hall–Kier alpha value is -3.41. The maximum atomic E-state index is 12.9. The minimum Gasteiger partial charge on any atom is -0.462 e. The van der Waals surface area contributed by atoms with Crippen LogP contribution in [0.2, 0.25) is 0 Å². The Morgan fingerprint density at radius 1 is 0.266 bits per heavy atom. The van der Waals surface area contributed by atoms with Crippen LogP contribution < -0.4 is 0 Å². The second-order valence-electron chi connectivity index (χ2n) is 22.7. The van der Waals surface area contributed by atoms with Gasteiger partial charge in [-0.25, -0.2) is 0 Å². The van der Waals surface area contributed by atoms with Crippen LogP contribution in [-0.2, 0) is 28.6 Å². The third-order valence-corrected chi connectivity index (χ3v) is 14.9. The number of ether oxygens (including phenoxy) is 3. The van der Waals surface area contributed by atoms with Gasteiger partial charge in [0, 0.05) is 19.3 Å². The Bertz CT molecular complexity index is 1500. The molecule has 0 aliphatic heterocycles. The van der Waals surface area contributed by atoms with Gasteiger partial charge in [-0.3, -0.25) is 14.4 Å². The average molecular weight is 1100 g/mol. The summed E-state index contributed by atoms with van der Waals surface area (Å²) in [6, 6.07) is 0. The van der Waals surface area contributed by atoms with E-state index in [1.54, 1.807) is 0 Å². The topological polar surface area (TPSA) is 78.9 Å². The highest BCUT2D eigenvalue weighted by atomic mass is 16.6. The Balaban J connectivity index is 4.30. The zero-order valence-corrected chi connectivity index (χ0v) is 52.4. The lowest BCUT2D eigenvalue weighted by molar-refractivity contribution is -0.167. The summed E-state index contributed by atoms with van der Waals surface area (Å²) >= 11 is 0. The molecule has 0 spiro atoms. The van der Waals surface area contributed by atoms with Crippen molar-refractivity contribution in [2.24, 2.45) is 0 Å². The van der Waals surface area contributed by atoms with E-state index in [1.807, 2.05) is 0 Å². The molecule has 0 aromatic heterocycles. The number of carbonyl (C=O) groups is 3. The van der Waals surface area contributed by atoms with Crippen LogP contribution in [0.1, 0.15) is 342 Å². The summed E-state index contributed by atoms with van der Waals surface area (Å²) < 4.78 is 17.0. The quantitative estimate of drug-likeness (QED) is 0.0261. The van der Waals surface area contributed by atoms with Crippen molar-refractivity contribution in [2.75, 3.05) is 13.2 Å². The summed E-state index contributed by atoms with van der Waals surface area (Å²) in [7, 11) is 0. The third-order valence-electron chi connectivity index (χ3n) is 14.9. The van der Waals surface area contributed by atoms with E-state index in [1.165, 1.54) is 199 Å².